The van der Waals surface area contributed by atoms with Gasteiger partial charge in [0.05, 0.1) is 7.11 Å². The van der Waals surface area contributed by atoms with Crippen LogP contribution in [0.15, 0.2) is 18.2 Å². The maximum Gasteiger partial charge on any atom is 0.122 e. The number of piperazine rings is 1. The summed E-state index contributed by atoms with van der Waals surface area (Å²) in [6, 6.07) is 6.82. The van der Waals surface area contributed by atoms with Crippen molar-refractivity contribution in [3.8, 4) is 5.75 Å². The van der Waals surface area contributed by atoms with E-state index < -0.39 is 0 Å². The van der Waals surface area contributed by atoms with Crippen LogP contribution in [0.1, 0.15) is 17.2 Å². The van der Waals surface area contributed by atoms with Gasteiger partial charge in [-0.1, -0.05) is 12.1 Å². The van der Waals surface area contributed by atoms with E-state index >= 15 is 0 Å². The fourth-order valence-electron chi connectivity index (χ4n) is 1.94. The zero-order valence-electron chi connectivity index (χ0n) is 9.75. The maximum atomic E-state index is 5.33. The Hall–Kier alpha value is -0.770. The molecule has 0 saturated carbocycles. The van der Waals surface area contributed by atoms with Crippen molar-refractivity contribution < 1.29 is 4.74 Å². The molecule has 1 heterocycles. The standard InChI is InChI=1S/C12H18N2O.ClH/c1-9-3-4-10(7-12(9)15-2)11-8-13-5-6-14-11;/h3-4,7,11,13-14H,5-6,8H2,1-2H3;1H/t11-;/m0./s1. The van der Waals surface area contributed by atoms with Crippen LogP contribution in [0.2, 0.25) is 0 Å². The molecule has 1 aromatic rings. The van der Waals surface area contributed by atoms with Crippen LogP contribution in [0.5, 0.6) is 5.75 Å². The third-order valence-electron chi connectivity index (χ3n) is 2.88. The summed E-state index contributed by atoms with van der Waals surface area (Å²) in [5.41, 5.74) is 2.48. The largest absolute Gasteiger partial charge is 0.496 e. The zero-order chi connectivity index (χ0) is 10.7. The van der Waals surface area contributed by atoms with Gasteiger partial charge in [-0.3, -0.25) is 0 Å². The third-order valence-corrected chi connectivity index (χ3v) is 2.88. The molecular formula is C12H19ClN2O. The summed E-state index contributed by atoms with van der Waals surface area (Å²) in [4.78, 5) is 0. The molecule has 0 spiro atoms. The van der Waals surface area contributed by atoms with Gasteiger partial charge in [0.15, 0.2) is 0 Å². The summed E-state index contributed by atoms with van der Waals surface area (Å²) in [6.45, 7) is 5.14. The molecule has 0 aromatic heterocycles. The number of halogens is 1. The van der Waals surface area contributed by atoms with E-state index in [9.17, 15) is 0 Å². The van der Waals surface area contributed by atoms with Crippen LogP contribution in [0.3, 0.4) is 0 Å². The second kappa shape index (κ2) is 6.09. The minimum absolute atomic E-state index is 0. The van der Waals surface area contributed by atoms with Crippen LogP contribution in [-0.2, 0) is 0 Å². The van der Waals surface area contributed by atoms with E-state index in [2.05, 4.69) is 35.8 Å². The highest BCUT2D eigenvalue weighted by Gasteiger charge is 2.14. The second-order valence-electron chi connectivity index (χ2n) is 3.94. The summed E-state index contributed by atoms with van der Waals surface area (Å²) in [5, 5.41) is 6.87. The van der Waals surface area contributed by atoms with Gasteiger partial charge in [-0.25, -0.2) is 0 Å². The molecule has 90 valence electrons. The van der Waals surface area contributed by atoms with E-state index in [1.807, 2.05) is 0 Å². The van der Waals surface area contributed by atoms with Crippen molar-refractivity contribution >= 4 is 12.4 Å². The van der Waals surface area contributed by atoms with Crippen molar-refractivity contribution in [1.82, 2.24) is 10.6 Å². The normalized spacial score (nSPS) is 20.0. The number of hydrogen-bond donors (Lipinski definition) is 2. The van der Waals surface area contributed by atoms with Crippen molar-refractivity contribution in [1.29, 1.82) is 0 Å². The topological polar surface area (TPSA) is 33.3 Å². The average Bonchev–Trinajstić information content (AvgIpc) is 2.31. The number of benzene rings is 1. The van der Waals surface area contributed by atoms with Crippen LogP contribution in [-0.4, -0.2) is 26.7 Å². The molecule has 0 radical (unpaired) electrons. The molecule has 0 amide bonds. The van der Waals surface area contributed by atoms with Gasteiger partial charge in [0.25, 0.3) is 0 Å². The predicted octanol–water partition coefficient (Wildman–Crippen LogP) is 1.66. The first kappa shape index (κ1) is 13.3. The van der Waals surface area contributed by atoms with Crippen LogP contribution < -0.4 is 15.4 Å². The highest BCUT2D eigenvalue weighted by Crippen LogP contribution is 2.23. The van der Waals surface area contributed by atoms with Crippen LogP contribution in [0.4, 0.5) is 0 Å². The van der Waals surface area contributed by atoms with Gasteiger partial charge in [0.1, 0.15) is 5.75 Å². The number of nitrogens with one attached hydrogen (secondary N) is 2. The molecule has 2 rings (SSSR count). The van der Waals surface area contributed by atoms with E-state index in [-0.39, 0.29) is 12.4 Å². The monoisotopic (exact) mass is 242 g/mol. The zero-order valence-corrected chi connectivity index (χ0v) is 10.6. The Morgan fingerprint density at radius 1 is 1.31 bits per heavy atom. The van der Waals surface area contributed by atoms with Crippen molar-refractivity contribution in [3.05, 3.63) is 29.3 Å². The van der Waals surface area contributed by atoms with Gasteiger partial charge < -0.3 is 15.4 Å². The number of methoxy groups -OCH3 is 1. The molecule has 0 bridgehead atoms. The SMILES string of the molecule is COc1cc([C@@H]2CNCCN2)ccc1C.Cl. The van der Waals surface area contributed by atoms with Crippen LogP contribution in [0, 0.1) is 6.92 Å². The lowest BCUT2D eigenvalue weighted by Crippen LogP contribution is -2.42. The van der Waals surface area contributed by atoms with Crippen LogP contribution in [0.25, 0.3) is 0 Å². The van der Waals surface area contributed by atoms with E-state index in [1.165, 1.54) is 11.1 Å². The Labute approximate surface area is 103 Å². The summed E-state index contributed by atoms with van der Waals surface area (Å²) in [6.07, 6.45) is 0. The van der Waals surface area contributed by atoms with Crippen molar-refractivity contribution in [2.24, 2.45) is 0 Å². The maximum absolute atomic E-state index is 5.33. The highest BCUT2D eigenvalue weighted by atomic mass is 35.5. The molecule has 2 N–H and O–H groups in total. The number of ether oxygens (including phenoxy) is 1. The minimum Gasteiger partial charge on any atom is -0.496 e. The smallest absolute Gasteiger partial charge is 0.122 e. The molecular weight excluding hydrogens is 224 g/mol. The summed E-state index contributed by atoms with van der Waals surface area (Å²) in [5.74, 6) is 0.972. The highest BCUT2D eigenvalue weighted by molar-refractivity contribution is 5.85. The van der Waals surface area contributed by atoms with Crippen molar-refractivity contribution in [2.75, 3.05) is 26.7 Å². The van der Waals surface area contributed by atoms with Crippen molar-refractivity contribution in [3.63, 3.8) is 0 Å². The van der Waals surface area contributed by atoms with Gasteiger partial charge in [-0.2, -0.15) is 0 Å². The molecule has 1 atom stereocenters. The van der Waals surface area contributed by atoms with E-state index in [0.717, 1.165) is 25.4 Å². The Morgan fingerprint density at radius 2 is 2.12 bits per heavy atom. The Kier molecular flexibility index (Phi) is 5.06. The summed E-state index contributed by atoms with van der Waals surface area (Å²) < 4.78 is 5.33. The number of hydrogen-bond acceptors (Lipinski definition) is 3. The fourth-order valence-corrected chi connectivity index (χ4v) is 1.94. The first-order valence-electron chi connectivity index (χ1n) is 5.40. The first-order valence-corrected chi connectivity index (χ1v) is 5.40. The molecule has 1 aliphatic rings. The molecule has 1 fully saturated rings. The Morgan fingerprint density at radius 3 is 2.75 bits per heavy atom. The number of aryl methyl sites for hydroxylation is 1. The molecule has 3 nitrogen and oxygen atoms in total. The predicted molar refractivity (Wildman–Crippen MR) is 68.6 cm³/mol. The van der Waals surface area contributed by atoms with Crippen LogP contribution >= 0.6 is 12.4 Å². The second-order valence-corrected chi connectivity index (χ2v) is 3.94. The van der Waals surface area contributed by atoms with E-state index in [0.29, 0.717) is 6.04 Å². The minimum atomic E-state index is 0. The molecule has 16 heavy (non-hydrogen) atoms. The molecule has 4 heteroatoms. The summed E-state index contributed by atoms with van der Waals surface area (Å²) >= 11 is 0. The van der Waals surface area contributed by atoms with E-state index in [4.69, 9.17) is 4.74 Å². The van der Waals surface area contributed by atoms with Gasteiger partial charge in [0, 0.05) is 25.7 Å². The Balaban J connectivity index is 0.00000128. The number of rotatable bonds is 2. The van der Waals surface area contributed by atoms with Gasteiger partial charge >= 0.3 is 0 Å². The van der Waals surface area contributed by atoms with E-state index in [1.54, 1.807) is 7.11 Å². The van der Waals surface area contributed by atoms with Gasteiger partial charge in [-0.15, -0.1) is 12.4 Å². The van der Waals surface area contributed by atoms with Gasteiger partial charge in [-0.05, 0) is 24.1 Å². The Bertz CT molecular complexity index is 338. The fraction of sp³-hybridized carbons (Fsp3) is 0.500. The molecule has 1 saturated heterocycles. The lowest BCUT2D eigenvalue weighted by Gasteiger charge is -2.25. The molecule has 1 aromatic carbocycles. The lowest BCUT2D eigenvalue weighted by atomic mass is 10.0. The molecule has 0 aliphatic carbocycles. The molecule has 0 unspecified atom stereocenters. The van der Waals surface area contributed by atoms with Gasteiger partial charge in [0.2, 0.25) is 0 Å². The third kappa shape index (κ3) is 2.88. The molecule has 1 aliphatic heterocycles. The lowest BCUT2D eigenvalue weighted by molar-refractivity contribution is 0.404. The quantitative estimate of drug-likeness (QED) is 0.828. The van der Waals surface area contributed by atoms with Crippen molar-refractivity contribution in [2.45, 2.75) is 13.0 Å². The average molecular weight is 243 g/mol. The first-order chi connectivity index (χ1) is 7.31. The summed E-state index contributed by atoms with van der Waals surface area (Å²) in [7, 11) is 1.72.